The largest absolute Gasteiger partial charge is 0.394 e. The number of benzene rings is 1. The second-order valence-electron chi connectivity index (χ2n) is 5.39. The minimum absolute atomic E-state index is 0.180. The predicted molar refractivity (Wildman–Crippen MR) is 84.2 cm³/mol. The highest BCUT2D eigenvalue weighted by atomic mass is 35.5. The number of carbonyl (C=O) groups is 1. The molecule has 7 nitrogen and oxygen atoms in total. The number of β-amino-alcohol motifs (C(OH)–C–C–N with tert-alkyl or cyclic N) is 1. The summed E-state index contributed by atoms with van der Waals surface area (Å²) in [6.45, 7) is -0.0156. The molecule has 2 amide bonds. The molecule has 0 unspecified atom stereocenters. The minimum Gasteiger partial charge on any atom is -0.394 e. The molecule has 2 heterocycles. The van der Waals surface area contributed by atoms with Gasteiger partial charge >= 0.3 is 6.03 Å². The number of urea groups is 1. The van der Waals surface area contributed by atoms with Gasteiger partial charge in [-0.05, 0) is 30.7 Å². The Morgan fingerprint density at radius 3 is 2.87 bits per heavy atom. The number of carbonyl (C=O) groups excluding carboxylic acids is 1. The first-order valence-corrected chi connectivity index (χ1v) is 7.54. The van der Waals surface area contributed by atoms with Crippen LogP contribution in [0.15, 0.2) is 34.9 Å². The Labute approximate surface area is 137 Å². The predicted octanol–water partition coefficient (Wildman–Crippen LogP) is 1.95. The van der Waals surface area contributed by atoms with E-state index >= 15 is 0 Å². The Bertz CT molecular complexity index is 688. The van der Waals surface area contributed by atoms with Gasteiger partial charge in [-0.2, -0.15) is 0 Å². The summed E-state index contributed by atoms with van der Waals surface area (Å²) in [6.07, 6.45) is -0.265. The highest BCUT2D eigenvalue weighted by molar-refractivity contribution is 6.30. The zero-order chi connectivity index (χ0) is 16.4. The van der Waals surface area contributed by atoms with Crippen LogP contribution in [0.4, 0.5) is 10.6 Å². The number of aromatic nitrogens is 1. The van der Waals surface area contributed by atoms with Crippen molar-refractivity contribution in [2.24, 2.45) is 0 Å². The Morgan fingerprint density at radius 1 is 1.43 bits per heavy atom. The Balaban J connectivity index is 1.69. The molecule has 0 radical (unpaired) electrons. The minimum atomic E-state index is -0.625. The van der Waals surface area contributed by atoms with Crippen molar-refractivity contribution in [3.05, 3.63) is 35.4 Å². The fraction of sp³-hybridized carbons (Fsp3) is 0.333. The average molecular weight is 338 g/mol. The van der Waals surface area contributed by atoms with Crippen LogP contribution < -0.4 is 5.32 Å². The molecule has 1 aromatic carbocycles. The van der Waals surface area contributed by atoms with E-state index in [1.165, 1.54) is 4.90 Å². The summed E-state index contributed by atoms with van der Waals surface area (Å²) in [5.41, 5.74) is 0.784. The van der Waals surface area contributed by atoms with Gasteiger partial charge in [0, 0.05) is 23.2 Å². The molecule has 1 aromatic heterocycles. The van der Waals surface area contributed by atoms with Crippen LogP contribution in [0, 0.1) is 0 Å². The zero-order valence-electron chi connectivity index (χ0n) is 12.1. The van der Waals surface area contributed by atoms with Crippen LogP contribution in [0.2, 0.25) is 5.02 Å². The van der Waals surface area contributed by atoms with Crippen LogP contribution in [0.5, 0.6) is 0 Å². The smallest absolute Gasteiger partial charge is 0.323 e. The third-order valence-corrected chi connectivity index (χ3v) is 3.99. The molecule has 1 aliphatic heterocycles. The second-order valence-corrected chi connectivity index (χ2v) is 5.83. The number of anilines is 1. The molecule has 2 atom stereocenters. The molecule has 3 rings (SSSR count). The Morgan fingerprint density at radius 2 is 2.17 bits per heavy atom. The van der Waals surface area contributed by atoms with Crippen LogP contribution in [0.3, 0.4) is 0 Å². The maximum atomic E-state index is 12.2. The number of hydrogen-bond donors (Lipinski definition) is 3. The van der Waals surface area contributed by atoms with E-state index in [0.29, 0.717) is 17.2 Å². The zero-order valence-corrected chi connectivity index (χ0v) is 12.9. The summed E-state index contributed by atoms with van der Waals surface area (Å²) in [4.78, 5) is 13.6. The summed E-state index contributed by atoms with van der Waals surface area (Å²) < 4.78 is 5.20. The van der Waals surface area contributed by atoms with Gasteiger partial charge in [0.2, 0.25) is 0 Å². The fourth-order valence-corrected chi connectivity index (χ4v) is 2.71. The van der Waals surface area contributed by atoms with Crippen molar-refractivity contribution in [1.29, 1.82) is 0 Å². The molecule has 1 fully saturated rings. The molecular formula is C15H16ClN3O4. The topological polar surface area (TPSA) is 98.8 Å². The highest BCUT2D eigenvalue weighted by Crippen LogP contribution is 2.25. The van der Waals surface area contributed by atoms with E-state index in [1.807, 2.05) is 0 Å². The number of likely N-dealkylation sites (tertiary alicyclic amines) is 1. The first kappa shape index (κ1) is 15.8. The molecule has 122 valence electrons. The van der Waals surface area contributed by atoms with E-state index in [2.05, 4.69) is 10.5 Å². The van der Waals surface area contributed by atoms with E-state index in [0.717, 1.165) is 5.56 Å². The van der Waals surface area contributed by atoms with E-state index in [-0.39, 0.29) is 19.0 Å². The van der Waals surface area contributed by atoms with Gasteiger partial charge in [0.05, 0.1) is 18.8 Å². The number of rotatable bonds is 3. The molecule has 3 N–H and O–H groups in total. The van der Waals surface area contributed by atoms with E-state index in [4.69, 9.17) is 16.1 Å². The number of nitrogens with zero attached hydrogens (tertiary/aromatic N) is 2. The molecule has 2 aromatic rings. The van der Waals surface area contributed by atoms with Crippen molar-refractivity contribution in [1.82, 2.24) is 10.1 Å². The maximum Gasteiger partial charge on any atom is 0.323 e. The molecule has 0 aliphatic carbocycles. The highest BCUT2D eigenvalue weighted by Gasteiger charge is 2.34. The lowest BCUT2D eigenvalue weighted by atomic mass is 10.2. The Hall–Kier alpha value is -2.09. The molecule has 0 bridgehead atoms. The number of nitrogens with one attached hydrogen (secondary N) is 1. The maximum absolute atomic E-state index is 12.2. The summed E-state index contributed by atoms with van der Waals surface area (Å²) in [5, 5.41) is 25.9. The fourth-order valence-electron chi connectivity index (χ4n) is 2.58. The van der Waals surface area contributed by atoms with Crippen molar-refractivity contribution in [2.45, 2.75) is 18.6 Å². The van der Waals surface area contributed by atoms with Gasteiger partial charge in [-0.25, -0.2) is 4.79 Å². The standard InChI is InChI=1S/C15H16ClN3O4/c16-10-3-1-9(2-4-10)13-6-14(18-23-13)17-15(22)19-7-12(21)5-11(19)8-20/h1-4,6,11-12,20-21H,5,7-8H2,(H,17,18,22)/t11-,12-/m0/s1. The SMILES string of the molecule is O=C(Nc1cc(-c2ccc(Cl)cc2)on1)N1C[C@@H](O)C[C@H]1CO. The van der Waals surface area contributed by atoms with E-state index < -0.39 is 18.2 Å². The molecular weight excluding hydrogens is 322 g/mol. The quantitative estimate of drug-likeness (QED) is 0.795. The lowest BCUT2D eigenvalue weighted by Gasteiger charge is -2.22. The van der Waals surface area contributed by atoms with Crippen molar-refractivity contribution in [3.63, 3.8) is 0 Å². The summed E-state index contributed by atoms with van der Waals surface area (Å²) in [5.74, 6) is 0.759. The lowest BCUT2D eigenvalue weighted by molar-refractivity contribution is 0.164. The average Bonchev–Trinajstić information content (AvgIpc) is 3.14. The number of aliphatic hydroxyl groups excluding tert-OH is 2. The van der Waals surface area contributed by atoms with Crippen LogP contribution >= 0.6 is 11.6 Å². The molecule has 8 heteroatoms. The number of hydrogen-bond acceptors (Lipinski definition) is 5. The van der Waals surface area contributed by atoms with E-state index in [9.17, 15) is 15.0 Å². The van der Waals surface area contributed by atoms with Gasteiger partial charge in [0.15, 0.2) is 11.6 Å². The molecule has 0 saturated carbocycles. The number of aliphatic hydroxyl groups is 2. The van der Waals surface area contributed by atoms with Crippen LogP contribution in [-0.2, 0) is 0 Å². The third-order valence-electron chi connectivity index (χ3n) is 3.74. The summed E-state index contributed by atoms with van der Waals surface area (Å²) in [6, 6.07) is 7.80. The summed E-state index contributed by atoms with van der Waals surface area (Å²) >= 11 is 5.84. The van der Waals surface area contributed by atoms with Gasteiger partial charge in [-0.3, -0.25) is 5.32 Å². The van der Waals surface area contributed by atoms with E-state index in [1.54, 1.807) is 30.3 Å². The van der Waals surface area contributed by atoms with Crippen LogP contribution in [0.1, 0.15) is 6.42 Å². The second kappa shape index (κ2) is 6.57. The van der Waals surface area contributed by atoms with Crippen LogP contribution in [0.25, 0.3) is 11.3 Å². The summed E-state index contributed by atoms with van der Waals surface area (Å²) in [7, 11) is 0. The first-order valence-electron chi connectivity index (χ1n) is 7.16. The van der Waals surface area contributed by atoms with Crippen molar-refractivity contribution < 1.29 is 19.5 Å². The van der Waals surface area contributed by atoms with Crippen molar-refractivity contribution >= 4 is 23.4 Å². The van der Waals surface area contributed by atoms with Gasteiger partial charge in [-0.15, -0.1) is 0 Å². The number of amides is 2. The first-order chi connectivity index (χ1) is 11.1. The van der Waals surface area contributed by atoms with Gasteiger partial charge in [-0.1, -0.05) is 16.8 Å². The van der Waals surface area contributed by atoms with Gasteiger partial charge in [0.1, 0.15) is 0 Å². The number of halogens is 1. The molecule has 0 spiro atoms. The molecule has 1 saturated heterocycles. The van der Waals surface area contributed by atoms with Gasteiger partial charge < -0.3 is 19.6 Å². The Kier molecular flexibility index (Phi) is 4.51. The van der Waals surface area contributed by atoms with Crippen LogP contribution in [-0.4, -0.2) is 51.6 Å². The third kappa shape index (κ3) is 3.47. The van der Waals surface area contributed by atoms with Crippen molar-refractivity contribution in [2.75, 3.05) is 18.5 Å². The normalized spacial score (nSPS) is 20.7. The monoisotopic (exact) mass is 337 g/mol. The molecule has 1 aliphatic rings. The van der Waals surface area contributed by atoms with Gasteiger partial charge in [0.25, 0.3) is 0 Å². The molecule has 23 heavy (non-hydrogen) atoms. The van der Waals surface area contributed by atoms with Crippen molar-refractivity contribution in [3.8, 4) is 11.3 Å². The lowest BCUT2D eigenvalue weighted by Crippen LogP contribution is -2.40.